The fourth-order valence-corrected chi connectivity index (χ4v) is 1.58. The van der Waals surface area contributed by atoms with Crippen LogP contribution in [0.1, 0.15) is 0 Å². The highest BCUT2D eigenvalue weighted by Crippen LogP contribution is 2.18. The van der Waals surface area contributed by atoms with Crippen LogP contribution in [-0.2, 0) is 6.54 Å². The second kappa shape index (κ2) is 5.67. The van der Waals surface area contributed by atoms with Crippen molar-refractivity contribution in [2.45, 2.75) is 6.54 Å². The van der Waals surface area contributed by atoms with Gasteiger partial charge in [0, 0.05) is 20.1 Å². The Bertz CT molecular complexity index is 429. The number of hydrogen-bond acceptors (Lipinski definition) is 4. The Labute approximate surface area is 99.1 Å². The second-order valence-corrected chi connectivity index (χ2v) is 3.71. The average molecular weight is 243 g/mol. The Balaban J connectivity index is 3.11. The molecule has 0 unspecified atom stereocenters. The number of nitrogens with zero attached hydrogens (tertiary/aromatic N) is 3. The van der Waals surface area contributed by atoms with Crippen LogP contribution in [0, 0.1) is 0 Å². The van der Waals surface area contributed by atoms with E-state index in [-0.39, 0.29) is 10.6 Å². The summed E-state index contributed by atoms with van der Waals surface area (Å²) >= 11 is 5.97. The molecule has 1 heterocycles. The molecule has 0 spiro atoms. The third-order valence-corrected chi connectivity index (χ3v) is 2.50. The van der Waals surface area contributed by atoms with Gasteiger partial charge in [-0.3, -0.25) is 4.79 Å². The van der Waals surface area contributed by atoms with Gasteiger partial charge in [-0.2, -0.15) is 5.10 Å². The van der Waals surface area contributed by atoms with E-state index in [0.29, 0.717) is 25.3 Å². The lowest BCUT2D eigenvalue weighted by Crippen LogP contribution is -2.29. The third-order valence-electron chi connectivity index (χ3n) is 2.14. The number of aromatic nitrogens is 2. The molecule has 0 aromatic carbocycles. The van der Waals surface area contributed by atoms with E-state index in [1.807, 2.05) is 7.05 Å². The van der Waals surface area contributed by atoms with E-state index in [2.05, 4.69) is 11.7 Å². The van der Waals surface area contributed by atoms with Gasteiger partial charge in [0.2, 0.25) is 0 Å². The SMILES string of the molecule is C=CCn1ncc(N(C)CCN)c(Cl)c1=O. The summed E-state index contributed by atoms with van der Waals surface area (Å²) in [5, 5.41) is 4.16. The predicted molar refractivity (Wildman–Crippen MR) is 66.0 cm³/mol. The summed E-state index contributed by atoms with van der Waals surface area (Å²) < 4.78 is 1.26. The lowest BCUT2D eigenvalue weighted by Gasteiger charge is -2.19. The first kappa shape index (κ1) is 12.7. The Hall–Kier alpha value is -1.33. The molecular weight excluding hydrogens is 228 g/mol. The van der Waals surface area contributed by atoms with Crippen molar-refractivity contribution in [3.8, 4) is 0 Å². The quantitative estimate of drug-likeness (QED) is 0.763. The predicted octanol–water partition coefficient (Wildman–Crippen LogP) is 0.478. The van der Waals surface area contributed by atoms with Gasteiger partial charge in [-0.05, 0) is 0 Å². The number of allylic oxidation sites excluding steroid dienone is 1. The van der Waals surface area contributed by atoms with Gasteiger partial charge < -0.3 is 10.6 Å². The minimum Gasteiger partial charge on any atom is -0.371 e. The number of hydrogen-bond donors (Lipinski definition) is 1. The number of likely N-dealkylation sites (N-methyl/N-ethyl adjacent to an activating group) is 1. The molecule has 1 aromatic heterocycles. The molecule has 0 atom stereocenters. The highest BCUT2D eigenvalue weighted by atomic mass is 35.5. The molecule has 0 aliphatic carbocycles. The third kappa shape index (κ3) is 2.62. The number of nitrogens with two attached hydrogens (primary N) is 1. The Kier molecular flexibility index (Phi) is 4.52. The number of anilines is 1. The van der Waals surface area contributed by atoms with Gasteiger partial charge in [0.1, 0.15) is 5.02 Å². The van der Waals surface area contributed by atoms with Gasteiger partial charge in [0.05, 0.1) is 18.4 Å². The van der Waals surface area contributed by atoms with E-state index in [4.69, 9.17) is 17.3 Å². The van der Waals surface area contributed by atoms with Gasteiger partial charge in [-0.1, -0.05) is 17.7 Å². The van der Waals surface area contributed by atoms with Gasteiger partial charge in [0.25, 0.3) is 5.56 Å². The standard InChI is InChI=1S/C10H15ClN4O/c1-3-5-15-10(16)9(11)8(7-13-15)14(2)6-4-12/h3,7H,1,4-6,12H2,2H3. The molecule has 0 bridgehead atoms. The zero-order valence-corrected chi connectivity index (χ0v) is 9.94. The fraction of sp³-hybridized carbons (Fsp3) is 0.400. The van der Waals surface area contributed by atoms with Crippen LogP contribution in [0.25, 0.3) is 0 Å². The zero-order chi connectivity index (χ0) is 12.1. The largest absolute Gasteiger partial charge is 0.371 e. The van der Waals surface area contributed by atoms with Crippen LogP contribution in [0.5, 0.6) is 0 Å². The average Bonchev–Trinajstić information content (AvgIpc) is 2.25. The van der Waals surface area contributed by atoms with Crippen LogP contribution in [0.2, 0.25) is 5.02 Å². The van der Waals surface area contributed by atoms with Crippen molar-refractivity contribution < 1.29 is 0 Å². The molecule has 5 nitrogen and oxygen atoms in total. The Morgan fingerprint density at radius 2 is 2.44 bits per heavy atom. The first-order chi connectivity index (χ1) is 7.61. The lowest BCUT2D eigenvalue weighted by molar-refractivity contribution is 0.650. The van der Waals surface area contributed by atoms with Crippen LogP contribution in [0.3, 0.4) is 0 Å². The van der Waals surface area contributed by atoms with Crippen molar-refractivity contribution >= 4 is 17.3 Å². The van der Waals surface area contributed by atoms with Crippen molar-refractivity contribution in [1.82, 2.24) is 9.78 Å². The summed E-state index contributed by atoms with van der Waals surface area (Å²) in [6.45, 7) is 5.00. The van der Waals surface area contributed by atoms with E-state index in [9.17, 15) is 4.79 Å². The van der Waals surface area contributed by atoms with Crippen molar-refractivity contribution in [2.24, 2.45) is 5.73 Å². The van der Waals surface area contributed by atoms with E-state index in [1.54, 1.807) is 17.2 Å². The maximum Gasteiger partial charge on any atom is 0.287 e. The molecule has 16 heavy (non-hydrogen) atoms. The summed E-state index contributed by atoms with van der Waals surface area (Å²) in [6, 6.07) is 0. The maximum absolute atomic E-state index is 11.8. The van der Waals surface area contributed by atoms with Crippen LogP contribution in [-0.4, -0.2) is 29.9 Å². The topological polar surface area (TPSA) is 64.2 Å². The minimum absolute atomic E-state index is 0.160. The van der Waals surface area contributed by atoms with E-state index < -0.39 is 0 Å². The molecule has 88 valence electrons. The normalized spacial score (nSPS) is 10.2. The summed E-state index contributed by atoms with van der Waals surface area (Å²) in [5.41, 5.74) is 5.71. The summed E-state index contributed by atoms with van der Waals surface area (Å²) in [6.07, 6.45) is 3.15. The molecule has 1 aromatic rings. The lowest BCUT2D eigenvalue weighted by atomic mass is 10.4. The smallest absolute Gasteiger partial charge is 0.287 e. The van der Waals surface area contributed by atoms with Crippen LogP contribution < -0.4 is 16.2 Å². The Morgan fingerprint density at radius 1 is 1.75 bits per heavy atom. The van der Waals surface area contributed by atoms with Crippen LogP contribution in [0.15, 0.2) is 23.6 Å². The van der Waals surface area contributed by atoms with E-state index in [1.165, 1.54) is 4.68 Å². The molecule has 0 fully saturated rings. The van der Waals surface area contributed by atoms with Gasteiger partial charge in [-0.15, -0.1) is 6.58 Å². The summed E-state index contributed by atoms with van der Waals surface area (Å²) in [7, 11) is 1.81. The molecule has 6 heteroatoms. The summed E-state index contributed by atoms with van der Waals surface area (Å²) in [5.74, 6) is 0. The molecule has 0 amide bonds. The molecule has 0 aliphatic rings. The van der Waals surface area contributed by atoms with Crippen LogP contribution >= 0.6 is 11.6 Å². The minimum atomic E-state index is -0.317. The first-order valence-electron chi connectivity index (χ1n) is 4.89. The molecule has 1 rings (SSSR count). The highest BCUT2D eigenvalue weighted by Gasteiger charge is 2.11. The van der Waals surface area contributed by atoms with Crippen molar-refractivity contribution in [1.29, 1.82) is 0 Å². The molecular formula is C10H15ClN4O. The molecule has 2 N–H and O–H groups in total. The van der Waals surface area contributed by atoms with Crippen molar-refractivity contribution in [3.05, 3.63) is 34.2 Å². The fourth-order valence-electron chi connectivity index (χ4n) is 1.29. The van der Waals surface area contributed by atoms with Crippen molar-refractivity contribution in [2.75, 3.05) is 25.0 Å². The van der Waals surface area contributed by atoms with Crippen LogP contribution in [0.4, 0.5) is 5.69 Å². The molecule has 0 saturated carbocycles. The first-order valence-corrected chi connectivity index (χ1v) is 5.27. The molecule has 0 saturated heterocycles. The summed E-state index contributed by atoms with van der Waals surface area (Å²) in [4.78, 5) is 13.6. The van der Waals surface area contributed by atoms with Gasteiger partial charge >= 0.3 is 0 Å². The van der Waals surface area contributed by atoms with Gasteiger partial charge in [0.15, 0.2) is 0 Å². The van der Waals surface area contributed by atoms with E-state index in [0.717, 1.165) is 0 Å². The van der Waals surface area contributed by atoms with Gasteiger partial charge in [-0.25, -0.2) is 4.68 Å². The van der Waals surface area contributed by atoms with E-state index >= 15 is 0 Å². The second-order valence-electron chi connectivity index (χ2n) is 3.33. The monoisotopic (exact) mass is 242 g/mol. The molecule has 0 aliphatic heterocycles. The zero-order valence-electron chi connectivity index (χ0n) is 9.19. The number of rotatable bonds is 5. The van der Waals surface area contributed by atoms with Crippen molar-refractivity contribution in [3.63, 3.8) is 0 Å². The maximum atomic E-state index is 11.8. The highest BCUT2D eigenvalue weighted by molar-refractivity contribution is 6.33. The molecule has 0 radical (unpaired) electrons. The number of halogens is 1. The Morgan fingerprint density at radius 3 is 3.00 bits per heavy atom.